The molecule has 3 rings (SSSR count). The minimum absolute atomic E-state index is 0.305. The predicted molar refractivity (Wildman–Crippen MR) is 66.0 cm³/mol. The molecule has 0 aromatic carbocycles. The van der Waals surface area contributed by atoms with Crippen LogP contribution in [0.2, 0.25) is 0 Å². The standard InChI is InChI=1S/C14H22O4/c1-13(2,3)18-12(17)14-6-4-9(5-7-14)8-10(14)11(15)16/h9-10H,4-8H2,1-3H3,(H,15,16). The second-order valence-corrected chi connectivity index (χ2v) is 6.73. The average molecular weight is 254 g/mol. The molecule has 18 heavy (non-hydrogen) atoms. The minimum Gasteiger partial charge on any atom is -0.481 e. The molecule has 0 saturated heterocycles. The molecule has 1 atom stereocenters. The van der Waals surface area contributed by atoms with Gasteiger partial charge in [0.05, 0.1) is 11.3 Å². The fourth-order valence-corrected chi connectivity index (χ4v) is 3.40. The van der Waals surface area contributed by atoms with E-state index in [1.54, 1.807) is 0 Å². The Balaban J connectivity index is 2.24. The smallest absolute Gasteiger partial charge is 0.313 e. The first-order chi connectivity index (χ1) is 8.24. The summed E-state index contributed by atoms with van der Waals surface area (Å²) in [6.45, 7) is 5.48. The third-order valence-electron chi connectivity index (χ3n) is 4.34. The molecule has 4 nitrogen and oxygen atoms in total. The number of aliphatic carboxylic acids is 1. The predicted octanol–water partition coefficient (Wildman–Crippen LogP) is 2.61. The van der Waals surface area contributed by atoms with Crippen LogP contribution in [0.3, 0.4) is 0 Å². The van der Waals surface area contributed by atoms with E-state index in [0.717, 1.165) is 12.8 Å². The fourth-order valence-electron chi connectivity index (χ4n) is 3.40. The fraction of sp³-hybridized carbons (Fsp3) is 0.857. The summed E-state index contributed by atoms with van der Waals surface area (Å²) >= 11 is 0. The van der Waals surface area contributed by atoms with Gasteiger partial charge in [-0.2, -0.15) is 0 Å². The number of esters is 1. The number of carbonyl (C=O) groups is 2. The van der Waals surface area contributed by atoms with Crippen molar-refractivity contribution in [3.05, 3.63) is 0 Å². The monoisotopic (exact) mass is 254 g/mol. The van der Waals surface area contributed by atoms with Gasteiger partial charge in [-0.05, 0) is 58.8 Å². The molecular weight excluding hydrogens is 232 g/mol. The van der Waals surface area contributed by atoms with E-state index in [4.69, 9.17) is 4.74 Å². The quantitative estimate of drug-likeness (QED) is 0.769. The van der Waals surface area contributed by atoms with Gasteiger partial charge in [0.2, 0.25) is 0 Å². The number of hydrogen-bond donors (Lipinski definition) is 1. The van der Waals surface area contributed by atoms with Gasteiger partial charge in [0.1, 0.15) is 5.60 Å². The molecule has 1 N–H and O–H groups in total. The van der Waals surface area contributed by atoms with Gasteiger partial charge < -0.3 is 9.84 Å². The highest BCUT2D eigenvalue weighted by molar-refractivity contribution is 5.85. The van der Waals surface area contributed by atoms with Gasteiger partial charge in [-0.15, -0.1) is 0 Å². The minimum atomic E-state index is -0.842. The summed E-state index contributed by atoms with van der Waals surface area (Å²) in [7, 11) is 0. The van der Waals surface area contributed by atoms with Crippen LogP contribution in [-0.4, -0.2) is 22.6 Å². The number of carboxylic acids is 1. The van der Waals surface area contributed by atoms with E-state index < -0.39 is 22.9 Å². The molecule has 0 aromatic rings. The summed E-state index contributed by atoms with van der Waals surface area (Å²) in [6, 6.07) is 0. The zero-order valence-electron chi connectivity index (χ0n) is 11.4. The van der Waals surface area contributed by atoms with Gasteiger partial charge in [-0.1, -0.05) is 0 Å². The van der Waals surface area contributed by atoms with Crippen LogP contribution in [-0.2, 0) is 14.3 Å². The summed E-state index contributed by atoms with van der Waals surface area (Å²) in [4.78, 5) is 23.8. The van der Waals surface area contributed by atoms with Crippen molar-refractivity contribution >= 4 is 11.9 Å². The van der Waals surface area contributed by atoms with Gasteiger partial charge in [-0.25, -0.2) is 0 Å². The summed E-state index contributed by atoms with van der Waals surface area (Å²) in [5.74, 6) is -1.22. The first kappa shape index (κ1) is 13.4. The third-order valence-corrected chi connectivity index (χ3v) is 4.34. The lowest BCUT2D eigenvalue weighted by molar-refractivity contribution is -0.186. The van der Waals surface area contributed by atoms with Crippen LogP contribution < -0.4 is 0 Å². The van der Waals surface area contributed by atoms with Crippen LogP contribution >= 0.6 is 0 Å². The third kappa shape index (κ3) is 2.25. The molecule has 0 amide bonds. The first-order valence-corrected chi connectivity index (χ1v) is 6.71. The largest absolute Gasteiger partial charge is 0.481 e. The second-order valence-electron chi connectivity index (χ2n) is 6.73. The number of hydrogen-bond acceptors (Lipinski definition) is 3. The van der Waals surface area contributed by atoms with Crippen LogP contribution in [0.15, 0.2) is 0 Å². The topological polar surface area (TPSA) is 63.6 Å². The Bertz CT molecular complexity index is 358. The average Bonchev–Trinajstić information content (AvgIpc) is 2.28. The van der Waals surface area contributed by atoms with E-state index in [9.17, 15) is 14.7 Å². The van der Waals surface area contributed by atoms with Crippen molar-refractivity contribution < 1.29 is 19.4 Å². The zero-order valence-corrected chi connectivity index (χ0v) is 11.4. The van der Waals surface area contributed by atoms with Crippen LogP contribution in [0.5, 0.6) is 0 Å². The van der Waals surface area contributed by atoms with Gasteiger partial charge in [-0.3, -0.25) is 9.59 Å². The summed E-state index contributed by atoms with van der Waals surface area (Å²) in [5, 5.41) is 9.36. The van der Waals surface area contributed by atoms with Crippen molar-refractivity contribution in [2.75, 3.05) is 0 Å². The van der Waals surface area contributed by atoms with Crippen molar-refractivity contribution in [1.82, 2.24) is 0 Å². The molecule has 2 bridgehead atoms. The number of ether oxygens (including phenoxy) is 1. The van der Waals surface area contributed by atoms with Crippen LogP contribution in [0.4, 0.5) is 0 Å². The second kappa shape index (κ2) is 4.25. The lowest BCUT2D eigenvalue weighted by Crippen LogP contribution is -2.52. The van der Waals surface area contributed by atoms with E-state index in [0.29, 0.717) is 25.2 Å². The molecule has 0 aromatic heterocycles. The molecule has 3 aliphatic rings. The lowest BCUT2D eigenvalue weighted by atomic mass is 9.55. The molecule has 0 heterocycles. The molecule has 0 aliphatic heterocycles. The lowest BCUT2D eigenvalue weighted by Gasteiger charge is -2.49. The van der Waals surface area contributed by atoms with Gasteiger partial charge in [0, 0.05) is 0 Å². The van der Waals surface area contributed by atoms with Crippen molar-refractivity contribution in [1.29, 1.82) is 0 Å². The van der Waals surface area contributed by atoms with E-state index in [1.165, 1.54) is 0 Å². The Labute approximate surface area is 108 Å². The number of rotatable bonds is 2. The molecule has 0 radical (unpaired) electrons. The summed E-state index contributed by atoms with van der Waals surface area (Å²) in [5.41, 5.74) is -1.32. The van der Waals surface area contributed by atoms with E-state index >= 15 is 0 Å². The molecule has 0 spiro atoms. The molecular formula is C14H22O4. The Morgan fingerprint density at radius 1 is 1.22 bits per heavy atom. The van der Waals surface area contributed by atoms with Crippen molar-refractivity contribution in [2.45, 2.75) is 58.5 Å². The molecule has 3 fully saturated rings. The maximum atomic E-state index is 12.4. The van der Waals surface area contributed by atoms with Crippen LogP contribution in [0.1, 0.15) is 52.9 Å². The van der Waals surface area contributed by atoms with Crippen molar-refractivity contribution in [3.63, 3.8) is 0 Å². The highest BCUT2D eigenvalue weighted by atomic mass is 16.6. The maximum absolute atomic E-state index is 12.4. The highest BCUT2D eigenvalue weighted by Crippen LogP contribution is 2.54. The Morgan fingerprint density at radius 2 is 1.78 bits per heavy atom. The SMILES string of the molecule is CC(C)(C)OC(=O)C12CCC(CC1)CC2C(=O)O. The van der Waals surface area contributed by atoms with E-state index in [1.807, 2.05) is 20.8 Å². The number of carbonyl (C=O) groups excluding carboxylic acids is 1. The first-order valence-electron chi connectivity index (χ1n) is 6.71. The van der Waals surface area contributed by atoms with Gasteiger partial charge in [0.15, 0.2) is 0 Å². The maximum Gasteiger partial charge on any atom is 0.313 e. The zero-order chi connectivity index (χ0) is 13.6. The van der Waals surface area contributed by atoms with Crippen LogP contribution in [0, 0.1) is 17.3 Å². The Kier molecular flexibility index (Phi) is 3.16. The normalized spacial score (nSPS) is 35.3. The Morgan fingerprint density at radius 3 is 2.22 bits per heavy atom. The molecule has 3 aliphatic carbocycles. The van der Waals surface area contributed by atoms with E-state index in [2.05, 4.69) is 0 Å². The molecule has 1 unspecified atom stereocenters. The number of carboxylic acid groups (broad SMARTS) is 1. The molecule has 102 valence electrons. The molecule has 3 saturated carbocycles. The van der Waals surface area contributed by atoms with Gasteiger partial charge in [0.25, 0.3) is 0 Å². The molecule has 4 heteroatoms. The van der Waals surface area contributed by atoms with Crippen molar-refractivity contribution in [2.24, 2.45) is 17.3 Å². The Hall–Kier alpha value is -1.06. The van der Waals surface area contributed by atoms with Crippen molar-refractivity contribution in [3.8, 4) is 0 Å². The summed E-state index contributed by atoms with van der Waals surface area (Å²) < 4.78 is 5.47. The highest BCUT2D eigenvalue weighted by Gasteiger charge is 2.57. The van der Waals surface area contributed by atoms with Crippen LogP contribution in [0.25, 0.3) is 0 Å². The van der Waals surface area contributed by atoms with E-state index in [-0.39, 0.29) is 5.97 Å². The van der Waals surface area contributed by atoms with Gasteiger partial charge >= 0.3 is 11.9 Å². The summed E-state index contributed by atoms with van der Waals surface area (Å²) in [6.07, 6.45) is 3.90. The number of fused-ring (bicyclic) bond motifs is 3.